The van der Waals surface area contributed by atoms with E-state index in [-0.39, 0.29) is 17.1 Å². The van der Waals surface area contributed by atoms with Crippen LogP contribution in [0.2, 0.25) is 0 Å². The molecule has 0 N–H and O–H groups in total. The maximum absolute atomic E-state index is 14.1. The summed E-state index contributed by atoms with van der Waals surface area (Å²) in [6.07, 6.45) is 0.607. The smallest absolute Gasteiger partial charge is 0.290 e. The minimum Gasteiger partial charge on any atom is -0.497 e. The normalized spacial score (nSPS) is 14.4. The molecule has 2 heterocycles. The molecule has 1 aliphatic heterocycles. The van der Waals surface area contributed by atoms with Gasteiger partial charge in [-0.25, -0.2) is 0 Å². The third-order valence-corrected chi connectivity index (χ3v) is 7.63. The molecule has 1 aromatic heterocycles. The number of carbonyl (C=O) groups is 1. The van der Waals surface area contributed by atoms with Crippen LogP contribution >= 0.6 is 0 Å². The Morgan fingerprint density at radius 3 is 2.37 bits per heavy atom. The van der Waals surface area contributed by atoms with Crippen LogP contribution in [0.25, 0.3) is 11.0 Å². The molecule has 5 aromatic rings. The zero-order chi connectivity index (χ0) is 28.5. The van der Waals surface area contributed by atoms with E-state index in [1.165, 1.54) is 0 Å². The number of hydrogen-bond donors (Lipinski definition) is 0. The molecule has 6 rings (SSSR count). The van der Waals surface area contributed by atoms with Crippen molar-refractivity contribution in [3.8, 4) is 11.5 Å². The average Bonchev–Trinajstić information content (AvgIpc) is 3.27. The molecule has 41 heavy (non-hydrogen) atoms. The van der Waals surface area contributed by atoms with Gasteiger partial charge in [-0.05, 0) is 78.4 Å². The zero-order valence-corrected chi connectivity index (χ0v) is 23.3. The lowest BCUT2D eigenvalue weighted by Gasteiger charge is -2.25. The molecule has 0 bridgehead atoms. The van der Waals surface area contributed by atoms with E-state index in [1.54, 1.807) is 12.0 Å². The second-order valence-corrected chi connectivity index (χ2v) is 10.5. The first-order valence-corrected chi connectivity index (χ1v) is 13.7. The number of carbonyl (C=O) groups excluding carboxylic acids is 1. The molecular formula is C35H31NO5. The SMILES string of the molecule is COc1ccc(CCN2C(=O)c3oc4cc(C)cc(C)c4c(=O)c3C2c2cccc(OCc3ccccc3)c2)cc1. The van der Waals surface area contributed by atoms with E-state index in [1.807, 2.05) is 105 Å². The Labute approximate surface area is 238 Å². The van der Waals surface area contributed by atoms with Crippen molar-refractivity contribution in [1.82, 2.24) is 4.90 Å². The van der Waals surface area contributed by atoms with Crippen LogP contribution in [0.5, 0.6) is 11.5 Å². The molecule has 6 nitrogen and oxygen atoms in total. The fourth-order valence-corrected chi connectivity index (χ4v) is 5.65. The lowest BCUT2D eigenvalue weighted by atomic mass is 9.96. The van der Waals surface area contributed by atoms with Crippen LogP contribution in [0.15, 0.2) is 100 Å². The number of amides is 1. The monoisotopic (exact) mass is 545 g/mol. The van der Waals surface area contributed by atoms with E-state index in [9.17, 15) is 9.59 Å². The summed E-state index contributed by atoms with van der Waals surface area (Å²) in [7, 11) is 1.63. The van der Waals surface area contributed by atoms with Crippen LogP contribution < -0.4 is 14.9 Å². The van der Waals surface area contributed by atoms with Crippen molar-refractivity contribution in [2.75, 3.05) is 13.7 Å². The summed E-state index contributed by atoms with van der Waals surface area (Å²) in [6.45, 7) is 4.68. The first-order chi connectivity index (χ1) is 19.9. The molecule has 1 atom stereocenters. The molecule has 0 radical (unpaired) electrons. The maximum Gasteiger partial charge on any atom is 0.290 e. The molecule has 1 aliphatic rings. The van der Waals surface area contributed by atoms with Gasteiger partial charge in [-0.1, -0.05) is 60.7 Å². The first-order valence-electron chi connectivity index (χ1n) is 13.7. The van der Waals surface area contributed by atoms with Gasteiger partial charge in [0, 0.05) is 6.54 Å². The second kappa shape index (κ2) is 11.0. The molecule has 0 spiro atoms. The van der Waals surface area contributed by atoms with Gasteiger partial charge in [0.25, 0.3) is 5.91 Å². The highest BCUT2D eigenvalue weighted by Crippen LogP contribution is 2.39. The van der Waals surface area contributed by atoms with Crippen molar-refractivity contribution >= 4 is 16.9 Å². The summed E-state index contributed by atoms with van der Waals surface area (Å²) in [5.41, 5.74) is 5.37. The van der Waals surface area contributed by atoms with Crippen LogP contribution in [-0.4, -0.2) is 24.5 Å². The minimum atomic E-state index is -0.600. The van der Waals surface area contributed by atoms with E-state index < -0.39 is 6.04 Å². The Morgan fingerprint density at radius 2 is 1.61 bits per heavy atom. The van der Waals surface area contributed by atoms with Gasteiger partial charge in [-0.15, -0.1) is 0 Å². The van der Waals surface area contributed by atoms with Crippen LogP contribution in [0.4, 0.5) is 0 Å². The van der Waals surface area contributed by atoms with Gasteiger partial charge < -0.3 is 18.8 Å². The zero-order valence-electron chi connectivity index (χ0n) is 23.3. The van der Waals surface area contributed by atoms with E-state index in [0.29, 0.717) is 41.9 Å². The summed E-state index contributed by atoms with van der Waals surface area (Å²) in [6, 6.07) is 28.6. The molecule has 6 heteroatoms. The molecular weight excluding hydrogens is 514 g/mol. The number of hydrogen-bond acceptors (Lipinski definition) is 5. The molecule has 0 saturated heterocycles. The molecule has 1 amide bonds. The van der Waals surface area contributed by atoms with Gasteiger partial charge in [0.15, 0.2) is 5.43 Å². The van der Waals surface area contributed by atoms with Crippen molar-refractivity contribution in [3.05, 3.63) is 140 Å². The van der Waals surface area contributed by atoms with E-state index in [4.69, 9.17) is 13.9 Å². The number of rotatable bonds is 8. The molecule has 4 aromatic carbocycles. The summed E-state index contributed by atoms with van der Waals surface area (Å²) in [4.78, 5) is 29.7. The van der Waals surface area contributed by atoms with Gasteiger partial charge in [-0.3, -0.25) is 9.59 Å². The predicted molar refractivity (Wildman–Crippen MR) is 159 cm³/mol. The first kappa shape index (κ1) is 26.4. The summed E-state index contributed by atoms with van der Waals surface area (Å²) in [5.74, 6) is 1.27. The standard InChI is InChI=1S/C35H31NO5/c1-22-18-23(2)30-29(19-22)41-34-31(33(30)37)32(36(35(34)38)17-16-24-12-14-27(39-3)15-13-24)26-10-7-11-28(20-26)40-21-25-8-5-4-6-9-25/h4-15,18-20,32H,16-17,21H2,1-3H3. The van der Waals surface area contributed by atoms with Crippen LogP contribution in [0.1, 0.15) is 50.0 Å². The van der Waals surface area contributed by atoms with Gasteiger partial charge in [-0.2, -0.15) is 0 Å². The van der Waals surface area contributed by atoms with Crippen molar-refractivity contribution in [2.24, 2.45) is 0 Å². The maximum atomic E-state index is 14.1. The summed E-state index contributed by atoms with van der Waals surface area (Å²) in [5, 5.41) is 0.514. The fraction of sp³-hybridized carbons (Fsp3) is 0.200. The number of nitrogens with zero attached hydrogens (tertiary/aromatic N) is 1. The molecule has 0 saturated carbocycles. The summed E-state index contributed by atoms with van der Waals surface area (Å²) < 4.78 is 17.6. The number of ether oxygens (including phenoxy) is 2. The average molecular weight is 546 g/mol. The minimum absolute atomic E-state index is 0.114. The van der Waals surface area contributed by atoms with Crippen molar-refractivity contribution in [2.45, 2.75) is 32.9 Å². The number of fused-ring (bicyclic) bond motifs is 2. The van der Waals surface area contributed by atoms with E-state index in [2.05, 4.69) is 0 Å². The highest BCUT2D eigenvalue weighted by atomic mass is 16.5. The Hall–Kier alpha value is -4.84. The van der Waals surface area contributed by atoms with Crippen molar-refractivity contribution < 1.29 is 18.7 Å². The fourth-order valence-electron chi connectivity index (χ4n) is 5.65. The van der Waals surface area contributed by atoms with Gasteiger partial charge in [0.2, 0.25) is 5.76 Å². The Bertz CT molecular complexity index is 1790. The Balaban J connectivity index is 1.41. The number of methoxy groups -OCH3 is 1. The molecule has 0 fully saturated rings. The largest absolute Gasteiger partial charge is 0.497 e. The number of benzene rings is 4. The third-order valence-electron chi connectivity index (χ3n) is 7.63. The van der Waals surface area contributed by atoms with Crippen LogP contribution in [0, 0.1) is 13.8 Å². The van der Waals surface area contributed by atoms with Crippen LogP contribution in [-0.2, 0) is 13.0 Å². The molecule has 0 aliphatic carbocycles. The Morgan fingerprint density at radius 1 is 0.829 bits per heavy atom. The van der Waals surface area contributed by atoms with Gasteiger partial charge >= 0.3 is 0 Å². The highest BCUT2D eigenvalue weighted by Gasteiger charge is 2.42. The number of aryl methyl sites for hydroxylation is 2. The van der Waals surface area contributed by atoms with Crippen molar-refractivity contribution in [1.29, 1.82) is 0 Å². The molecule has 206 valence electrons. The second-order valence-electron chi connectivity index (χ2n) is 10.5. The topological polar surface area (TPSA) is 69.0 Å². The lowest BCUT2D eigenvalue weighted by molar-refractivity contribution is 0.0729. The quantitative estimate of drug-likeness (QED) is 0.215. The third kappa shape index (κ3) is 5.09. The Kier molecular flexibility index (Phi) is 7.06. The van der Waals surface area contributed by atoms with Gasteiger partial charge in [0.1, 0.15) is 23.7 Å². The summed E-state index contributed by atoms with van der Waals surface area (Å²) >= 11 is 0. The van der Waals surface area contributed by atoms with Crippen LogP contribution in [0.3, 0.4) is 0 Å². The van der Waals surface area contributed by atoms with Crippen molar-refractivity contribution in [3.63, 3.8) is 0 Å². The molecule has 1 unspecified atom stereocenters. The van der Waals surface area contributed by atoms with E-state index >= 15 is 0 Å². The highest BCUT2D eigenvalue weighted by molar-refractivity contribution is 5.99. The lowest BCUT2D eigenvalue weighted by Crippen LogP contribution is -2.31. The predicted octanol–water partition coefficient (Wildman–Crippen LogP) is 6.79. The van der Waals surface area contributed by atoms with Gasteiger partial charge in [0.05, 0.1) is 24.1 Å². The van der Waals surface area contributed by atoms with E-state index in [0.717, 1.165) is 33.6 Å².